The van der Waals surface area contributed by atoms with Crippen LogP contribution in [0, 0.1) is 0 Å². The van der Waals surface area contributed by atoms with E-state index in [9.17, 15) is 14.4 Å². The van der Waals surface area contributed by atoms with Crippen molar-refractivity contribution < 1.29 is 14.3 Å². The standard InChI is InChI=1S/C17H19N3O4S/c1-2-7-20-15(21)4-3-13(18-20)17(23)24-11-16(22)19-8-5-14-12(10-19)6-9-25-14/h3-4,6,9H,2,5,7-8,10-11H2,1H3. The molecular formula is C17H19N3O4S. The lowest BCUT2D eigenvalue weighted by Gasteiger charge is -2.26. The topological polar surface area (TPSA) is 81.5 Å². The van der Waals surface area contributed by atoms with Crippen molar-refractivity contribution in [1.82, 2.24) is 14.7 Å². The monoisotopic (exact) mass is 361 g/mol. The second-order valence-electron chi connectivity index (χ2n) is 5.79. The zero-order valence-electron chi connectivity index (χ0n) is 13.9. The number of carbonyl (C=O) groups is 2. The number of carbonyl (C=O) groups excluding carboxylic acids is 2. The lowest BCUT2D eigenvalue weighted by atomic mass is 10.1. The zero-order valence-corrected chi connectivity index (χ0v) is 14.8. The molecule has 7 nitrogen and oxygen atoms in total. The van der Waals surface area contributed by atoms with Gasteiger partial charge in [0.05, 0.1) is 0 Å². The molecule has 2 aromatic heterocycles. The molecule has 1 amide bonds. The molecule has 0 atom stereocenters. The molecule has 0 saturated carbocycles. The average molecular weight is 361 g/mol. The average Bonchev–Trinajstić information content (AvgIpc) is 3.09. The lowest BCUT2D eigenvalue weighted by Crippen LogP contribution is -2.38. The molecule has 1 aliphatic rings. The summed E-state index contributed by atoms with van der Waals surface area (Å²) >= 11 is 1.70. The predicted octanol–water partition coefficient (Wildman–Crippen LogP) is 1.46. The molecule has 1 aliphatic heterocycles. The van der Waals surface area contributed by atoms with Crippen molar-refractivity contribution in [2.24, 2.45) is 0 Å². The van der Waals surface area contributed by atoms with Crippen molar-refractivity contribution in [3.05, 3.63) is 50.1 Å². The third-order valence-corrected chi connectivity index (χ3v) is 5.02. The maximum absolute atomic E-state index is 12.3. The number of aromatic nitrogens is 2. The van der Waals surface area contributed by atoms with E-state index in [0.29, 0.717) is 19.6 Å². The number of aryl methyl sites for hydroxylation is 1. The SMILES string of the molecule is CCCn1nc(C(=O)OCC(=O)N2CCc3sccc3C2)ccc1=O. The van der Waals surface area contributed by atoms with Crippen LogP contribution in [0.5, 0.6) is 0 Å². The van der Waals surface area contributed by atoms with Crippen molar-refractivity contribution in [2.45, 2.75) is 32.9 Å². The van der Waals surface area contributed by atoms with Crippen molar-refractivity contribution in [1.29, 1.82) is 0 Å². The fraction of sp³-hybridized carbons (Fsp3) is 0.412. The Hall–Kier alpha value is -2.48. The van der Waals surface area contributed by atoms with Gasteiger partial charge in [0.15, 0.2) is 12.3 Å². The van der Waals surface area contributed by atoms with Gasteiger partial charge in [-0.25, -0.2) is 9.48 Å². The van der Waals surface area contributed by atoms with E-state index in [2.05, 4.69) is 5.10 Å². The number of fused-ring (bicyclic) bond motifs is 1. The summed E-state index contributed by atoms with van der Waals surface area (Å²) in [6.45, 7) is 3.19. The van der Waals surface area contributed by atoms with E-state index in [0.717, 1.165) is 18.4 Å². The molecule has 132 valence electrons. The van der Waals surface area contributed by atoms with Crippen molar-refractivity contribution in [3.8, 4) is 0 Å². The summed E-state index contributed by atoms with van der Waals surface area (Å²) in [6, 6.07) is 4.62. The van der Waals surface area contributed by atoms with Gasteiger partial charge in [-0.05, 0) is 35.9 Å². The number of amides is 1. The molecule has 3 heterocycles. The summed E-state index contributed by atoms with van der Waals surface area (Å²) in [4.78, 5) is 39.0. The van der Waals surface area contributed by atoms with Crippen LogP contribution in [-0.2, 0) is 29.0 Å². The largest absolute Gasteiger partial charge is 0.451 e. The van der Waals surface area contributed by atoms with Crippen molar-refractivity contribution >= 4 is 23.2 Å². The maximum Gasteiger partial charge on any atom is 0.359 e. The first-order valence-electron chi connectivity index (χ1n) is 8.16. The minimum absolute atomic E-state index is 0.0274. The first-order valence-corrected chi connectivity index (χ1v) is 9.04. The Balaban J connectivity index is 1.58. The van der Waals surface area contributed by atoms with Crippen LogP contribution in [0.3, 0.4) is 0 Å². The van der Waals surface area contributed by atoms with Crippen LogP contribution < -0.4 is 5.56 Å². The Labute approximate surface area is 148 Å². The van der Waals surface area contributed by atoms with Crippen molar-refractivity contribution in [3.63, 3.8) is 0 Å². The summed E-state index contributed by atoms with van der Waals surface area (Å²) in [5, 5.41) is 6.00. The van der Waals surface area contributed by atoms with Gasteiger partial charge in [-0.2, -0.15) is 5.10 Å². The minimum atomic E-state index is -0.702. The van der Waals surface area contributed by atoms with Gasteiger partial charge in [-0.1, -0.05) is 6.92 Å². The molecule has 0 aliphatic carbocycles. The number of rotatable bonds is 5. The van der Waals surface area contributed by atoms with Crippen LogP contribution in [0.4, 0.5) is 0 Å². The third-order valence-electron chi connectivity index (χ3n) is 4.00. The molecule has 2 aromatic rings. The van der Waals surface area contributed by atoms with Gasteiger partial charge in [0.25, 0.3) is 11.5 Å². The molecule has 3 rings (SSSR count). The summed E-state index contributed by atoms with van der Waals surface area (Å²) < 4.78 is 6.30. The van der Waals surface area contributed by atoms with Crippen molar-refractivity contribution in [2.75, 3.05) is 13.2 Å². The predicted molar refractivity (Wildman–Crippen MR) is 92.5 cm³/mol. The molecular weight excluding hydrogens is 342 g/mol. The fourth-order valence-corrected chi connectivity index (χ4v) is 3.57. The Kier molecular flexibility index (Phi) is 5.28. The van der Waals surface area contributed by atoms with E-state index in [1.54, 1.807) is 16.2 Å². The molecule has 0 radical (unpaired) electrons. The Morgan fingerprint density at radius 2 is 2.16 bits per heavy atom. The summed E-state index contributed by atoms with van der Waals surface area (Å²) in [5.74, 6) is -0.932. The normalized spacial score (nSPS) is 13.4. The highest BCUT2D eigenvalue weighted by molar-refractivity contribution is 7.10. The van der Waals surface area contributed by atoms with Crippen LogP contribution in [-0.4, -0.2) is 39.7 Å². The molecule has 0 saturated heterocycles. The number of nitrogens with zero attached hydrogens (tertiary/aromatic N) is 3. The Morgan fingerprint density at radius 3 is 2.96 bits per heavy atom. The van der Waals surface area contributed by atoms with Gasteiger partial charge in [0.1, 0.15) is 0 Å². The minimum Gasteiger partial charge on any atom is -0.451 e. The van der Waals surface area contributed by atoms with Gasteiger partial charge in [-0.15, -0.1) is 11.3 Å². The number of esters is 1. The quantitative estimate of drug-likeness (QED) is 0.753. The van der Waals surface area contributed by atoms with E-state index in [1.165, 1.54) is 21.7 Å². The van der Waals surface area contributed by atoms with Crippen LogP contribution in [0.2, 0.25) is 0 Å². The van der Waals surface area contributed by atoms with E-state index >= 15 is 0 Å². The maximum atomic E-state index is 12.3. The smallest absolute Gasteiger partial charge is 0.359 e. The van der Waals surface area contributed by atoms with Gasteiger partial charge < -0.3 is 9.64 Å². The molecule has 8 heteroatoms. The second kappa shape index (κ2) is 7.60. The molecule has 0 aromatic carbocycles. The molecule has 0 fully saturated rings. The summed E-state index contributed by atoms with van der Waals surface area (Å²) in [7, 11) is 0. The molecule has 0 N–H and O–H groups in total. The highest BCUT2D eigenvalue weighted by atomic mass is 32.1. The molecule has 0 unspecified atom stereocenters. The van der Waals surface area contributed by atoms with E-state index in [-0.39, 0.29) is 23.8 Å². The number of hydrogen-bond donors (Lipinski definition) is 0. The highest BCUT2D eigenvalue weighted by Gasteiger charge is 2.23. The van der Waals surface area contributed by atoms with Crippen LogP contribution in [0.15, 0.2) is 28.4 Å². The van der Waals surface area contributed by atoms with Gasteiger partial charge in [0, 0.05) is 30.6 Å². The first kappa shape index (κ1) is 17.3. The number of thiophene rings is 1. The fourth-order valence-electron chi connectivity index (χ4n) is 2.68. The van der Waals surface area contributed by atoms with Crippen LogP contribution >= 0.6 is 11.3 Å². The Bertz CT molecular complexity index is 842. The van der Waals surface area contributed by atoms with Crippen LogP contribution in [0.25, 0.3) is 0 Å². The van der Waals surface area contributed by atoms with Crippen LogP contribution in [0.1, 0.15) is 34.3 Å². The second-order valence-corrected chi connectivity index (χ2v) is 6.79. The van der Waals surface area contributed by atoms with E-state index in [4.69, 9.17) is 4.74 Å². The highest BCUT2D eigenvalue weighted by Crippen LogP contribution is 2.23. The summed E-state index contributed by atoms with van der Waals surface area (Å²) in [6.07, 6.45) is 1.56. The van der Waals surface area contributed by atoms with Gasteiger partial charge >= 0.3 is 5.97 Å². The molecule has 0 bridgehead atoms. The van der Waals surface area contributed by atoms with Gasteiger partial charge in [-0.3, -0.25) is 9.59 Å². The summed E-state index contributed by atoms with van der Waals surface area (Å²) in [5.41, 5.74) is 0.915. The van der Waals surface area contributed by atoms with E-state index in [1.807, 2.05) is 18.4 Å². The number of ether oxygens (including phenoxy) is 1. The first-order chi connectivity index (χ1) is 12.1. The Morgan fingerprint density at radius 1 is 1.32 bits per heavy atom. The zero-order chi connectivity index (χ0) is 17.8. The molecule has 25 heavy (non-hydrogen) atoms. The van der Waals surface area contributed by atoms with Gasteiger partial charge in [0.2, 0.25) is 0 Å². The van der Waals surface area contributed by atoms with E-state index < -0.39 is 5.97 Å². The number of hydrogen-bond acceptors (Lipinski definition) is 6. The third kappa shape index (κ3) is 3.96. The molecule has 0 spiro atoms. The lowest BCUT2D eigenvalue weighted by molar-refractivity contribution is -0.135.